The molecule has 24 heavy (non-hydrogen) atoms. The van der Waals surface area contributed by atoms with Crippen LogP contribution in [0.2, 0.25) is 0 Å². The number of amides is 1. The Hall–Kier alpha value is -1.66. The molecule has 0 bridgehead atoms. The van der Waals surface area contributed by atoms with Gasteiger partial charge in [-0.3, -0.25) is 4.79 Å². The zero-order valence-electron chi connectivity index (χ0n) is 13.6. The molecule has 0 unspecified atom stereocenters. The predicted octanol–water partition coefficient (Wildman–Crippen LogP) is 3.66. The zero-order chi connectivity index (χ0) is 17.7. The molecule has 1 N–H and O–H groups in total. The van der Waals surface area contributed by atoms with E-state index in [-0.39, 0.29) is 16.8 Å². The first kappa shape index (κ1) is 18.7. The SMILES string of the molecule is CC[C@@H](NC(=O)Cc1cccc(Br)c1)c1ccc(S(C)(=O)=O)cc1. The summed E-state index contributed by atoms with van der Waals surface area (Å²) in [5.74, 6) is -0.0628. The van der Waals surface area contributed by atoms with Gasteiger partial charge >= 0.3 is 0 Å². The van der Waals surface area contributed by atoms with Crippen LogP contribution in [0.3, 0.4) is 0 Å². The molecule has 0 radical (unpaired) electrons. The number of rotatable bonds is 6. The third kappa shape index (κ3) is 5.18. The van der Waals surface area contributed by atoms with Crippen LogP contribution in [0.1, 0.15) is 30.5 Å². The third-order valence-corrected chi connectivity index (χ3v) is 5.33. The van der Waals surface area contributed by atoms with Gasteiger partial charge in [0.2, 0.25) is 5.91 Å². The minimum atomic E-state index is -3.21. The van der Waals surface area contributed by atoms with Crippen LogP contribution in [-0.4, -0.2) is 20.6 Å². The molecule has 2 rings (SSSR count). The molecular weight excluding hydrogens is 390 g/mol. The van der Waals surface area contributed by atoms with Crippen LogP contribution in [0, 0.1) is 0 Å². The van der Waals surface area contributed by atoms with Gasteiger partial charge in [0.05, 0.1) is 17.4 Å². The lowest BCUT2D eigenvalue weighted by Gasteiger charge is -2.18. The summed E-state index contributed by atoms with van der Waals surface area (Å²) in [6.07, 6.45) is 2.21. The first-order chi connectivity index (χ1) is 11.3. The van der Waals surface area contributed by atoms with Crippen LogP contribution >= 0.6 is 15.9 Å². The Morgan fingerprint density at radius 3 is 2.38 bits per heavy atom. The van der Waals surface area contributed by atoms with E-state index in [2.05, 4.69) is 21.2 Å². The number of carbonyl (C=O) groups excluding carboxylic acids is 1. The molecule has 2 aromatic carbocycles. The van der Waals surface area contributed by atoms with Crippen molar-refractivity contribution in [2.24, 2.45) is 0 Å². The van der Waals surface area contributed by atoms with Crippen LogP contribution in [0.25, 0.3) is 0 Å². The van der Waals surface area contributed by atoms with Crippen molar-refractivity contribution >= 4 is 31.7 Å². The van der Waals surface area contributed by atoms with Crippen LogP contribution in [0.4, 0.5) is 0 Å². The van der Waals surface area contributed by atoms with Crippen LogP contribution in [0.5, 0.6) is 0 Å². The minimum absolute atomic E-state index is 0.0628. The Kier molecular flexibility index (Phi) is 6.18. The van der Waals surface area contributed by atoms with E-state index in [1.54, 1.807) is 24.3 Å². The Morgan fingerprint density at radius 1 is 1.17 bits per heavy atom. The van der Waals surface area contributed by atoms with E-state index in [1.165, 1.54) is 6.26 Å². The molecule has 0 aliphatic heterocycles. The van der Waals surface area contributed by atoms with Gasteiger partial charge in [-0.05, 0) is 41.8 Å². The highest BCUT2D eigenvalue weighted by molar-refractivity contribution is 9.10. The Bertz CT molecular complexity index is 816. The normalized spacial score (nSPS) is 12.6. The molecule has 0 aromatic heterocycles. The molecule has 2 aromatic rings. The van der Waals surface area contributed by atoms with Crippen LogP contribution in [0.15, 0.2) is 57.9 Å². The van der Waals surface area contributed by atoms with Gasteiger partial charge in [-0.25, -0.2) is 8.42 Å². The summed E-state index contributed by atoms with van der Waals surface area (Å²) in [7, 11) is -3.21. The van der Waals surface area contributed by atoms with Crippen LogP contribution < -0.4 is 5.32 Å². The second-order valence-electron chi connectivity index (χ2n) is 5.68. The number of benzene rings is 2. The maximum Gasteiger partial charge on any atom is 0.224 e. The van der Waals surface area contributed by atoms with Crippen molar-refractivity contribution in [2.75, 3.05) is 6.26 Å². The Balaban J connectivity index is 2.07. The molecule has 128 valence electrons. The van der Waals surface area contributed by atoms with Crippen molar-refractivity contribution < 1.29 is 13.2 Å². The lowest BCUT2D eigenvalue weighted by atomic mass is 10.0. The molecule has 4 nitrogen and oxygen atoms in total. The first-order valence-electron chi connectivity index (χ1n) is 7.63. The second kappa shape index (κ2) is 7.94. The predicted molar refractivity (Wildman–Crippen MR) is 98.6 cm³/mol. The number of sulfone groups is 1. The lowest BCUT2D eigenvalue weighted by molar-refractivity contribution is -0.121. The van der Waals surface area contributed by atoms with Gasteiger partial charge in [0.15, 0.2) is 9.84 Å². The van der Waals surface area contributed by atoms with Crippen molar-refractivity contribution in [3.8, 4) is 0 Å². The van der Waals surface area contributed by atoms with E-state index < -0.39 is 9.84 Å². The average Bonchev–Trinajstić information content (AvgIpc) is 2.52. The van der Waals surface area contributed by atoms with E-state index >= 15 is 0 Å². The molecule has 1 amide bonds. The second-order valence-corrected chi connectivity index (χ2v) is 8.61. The van der Waals surface area contributed by atoms with E-state index in [0.717, 1.165) is 22.0 Å². The van der Waals surface area contributed by atoms with Crippen molar-refractivity contribution in [3.05, 3.63) is 64.1 Å². The fourth-order valence-electron chi connectivity index (χ4n) is 2.45. The number of carbonyl (C=O) groups is 1. The topological polar surface area (TPSA) is 63.2 Å². The summed E-state index contributed by atoms with van der Waals surface area (Å²) in [5, 5.41) is 3.01. The lowest BCUT2D eigenvalue weighted by Crippen LogP contribution is -2.29. The maximum absolute atomic E-state index is 12.3. The van der Waals surface area contributed by atoms with Crippen LogP contribution in [-0.2, 0) is 21.1 Å². The van der Waals surface area contributed by atoms with Gasteiger partial charge in [-0.1, -0.05) is 47.1 Å². The highest BCUT2D eigenvalue weighted by Gasteiger charge is 2.14. The molecule has 0 aliphatic carbocycles. The summed E-state index contributed by atoms with van der Waals surface area (Å²) < 4.78 is 24.0. The number of halogens is 1. The van der Waals surface area contributed by atoms with Gasteiger partial charge in [0, 0.05) is 10.7 Å². The summed E-state index contributed by atoms with van der Waals surface area (Å²) in [5.41, 5.74) is 1.83. The van der Waals surface area contributed by atoms with Crippen molar-refractivity contribution in [2.45, 2.75) is 30.7 Å². The molecule has 0 aliphatic rings. The number of hydrogen-bond donors (Lipinski definition) is 1. The highest BCUT2D eigenvalue weighted by Crippen LogP contribution is 2.20. The monoisotopic (exact) mass is 409 g/mol. The smallest absolute Gasteiger partial charge is 0.224 e. The zero-order valence-corrected chi connectivity index (χ0v) is 16.0. The molecule has 0 spiro atoms. The molecule has 0 fully saturated rings. The summed E-state index contributed by atoms with van der Waals surface area (Å²) in [4.78, 5) is 12.5. The number of nitrogens with one attached hydrogen (secondary N) is 1. The van der Waals surface area contributed by atoms with Crippen molar-refractivity contribution in [1.82, 2.24) is 5.32 Å². The molecule has 0 heterocycles. The fourth-order valence-corrected chi connectivity index (χ4v) is 3.52. The van der Waals surface area contributed by atoms with E-state index in [9.17, 15) is 13.2 Å². The summed E-state index contributed by atoms with van der Waals surface area (Å²) >= 11 is 3.40. The Morgan fingerprint density at radius 2 is 1.83 bits per heavy atom. The van der Waals surface area contributed by atoms with Crippen molar-refractivity contribution in [1.29, 1.82) is 0 Å². The molecule has 0 saturated carbocycles. The van der Waals surface area contributed by atoms with E-state index in [1.807, 2.05) is 31.2 Å². The van der Waals surface area contributed by atoms with Gasteiger partial charge in [-0.15, -0.1) is 0 Å². The molecule has 1 atom stereocenters. The first-order valence-corrected chi connectivity index (χ1v) is 10.3. The molecule has 0 saturated heterocycles. The van der Waals surface area contributed by atoms with Gasteiger partial charge < -0.3 is 5.32 Å². The summed E-state index contributed by atoms with van der Waals surface area (Å²) in [6, 6.07) is 14.2. The number of hydrogen-bond acceptors (Lipinski definition) is 3. The van der Waals surface area contributed by atoms with Crippen molar-refractivity contribution in [3.63, 3.8) is 0 Å². The van der Waals surface area contributed by atoms with Gasteiger partial charge in [0.25, 0.3) is 0 Å². The fraction of sp³-hybridized carbons (Fsp3) is 0.278. The standard InChI is InChI=1S/C18H20BrNO3S/c1-3-17(14-7-9-16(10-8-14)24(2,22)23)20-18(21)12-13-5-4-6-15(19)11-13/h4-11,17H,3,12H2,1-2H3,(H,20,21)/t17-/m1/s1. The Labute approximate surface area is 151 Å². The van der Waals surface area contributed by atoms with Gasteiger partial charge in [-0.2, -0.15) is 0 Å². The van der Waals surface area contributed by atoms with E-state index in [0.29, 0.717) is 6.42 Å². The maximum atomic E-state index is 12.3. The minimum Gasteiger partial charge on any atom is -0.349 e. The largest absolute Gasteiger partial charge is 0.349 e. The quantitative estimate of drug-likeness (QED) is 0.791. The molecular formula is C18H20BrNO3S. The van der Waals surface area contributed by atoms with Gasteiger partial charge in [0.1, 0.15) is 0 Å². The summed E-state index contributed by atoms with van der Waals surface area (Å²) in [6.45, 7) is 1.98. The van der Waals surface area contributed by atoms with E-state index in [4.69, 9.17) is 0 Å². The highest BCUT2D eigenvalue weighted by atomic mass is 79.9. The average molecular weight is 410 g/mol. The third-order valence-electron chi connectivity index (χ3n) is 3.71. The molecule has 6 heteroatoms.